The van der Waals surface area contributed by atoms with Crippen LogP contribution in [0.4, 0.5) is 0 Å². The fraction of sp³-hybridized carbons (Fsp3) is 0.741. The van der Waals surface area contributed by atoms with E-state index in [1.165, 1.54) is 43.3 Å². The third kappa shape index (κ3) is 4.43. The molecule has 4 aliphatic rings. The zero-order valence-corrected chi connectivity index (χ0v) is 19.5. The summed E-state index contributed by atoms with van der Waals surface area (Å²) in [7, 11) is 0. The fourth-order valence-electron chi connectivity index (χ4n) is 7.17. The molecule has 0 bridgehead atoms. The summed E-state index contributed by atoms with van der Waals surface area (Å²) in [5.41, 5.74) is 2.93. The molecule has 3 aliphatic carbocycles. The van der Waals surface area contributed by atoms with Crippen LogP contribution in [0.15, 0.2) is 35.5 Å². The molecule has 1 aliphatic heterocycles. The molecule has 0 aromatic rings. The summed E-state index contributed by atoms with van der Waals surface area (Å²) < 4.78 is 5.48. The van der Waals surface area contributed by atoms with E-state index in [2.05, 4.69) is 32.6 Å². The molecular formula is C27H40O4. The maximum absolute atomic E-state index is 11.9. The van der Waals surface area contributed by atoms with Crippen LogP contribution in [0.1, 0.15) is 85.0 Å². The molecule has 7 atom stereocenters. The first-order valence-electron chi connectivity index (χ1n) is 12.3. The molecule has 0 unspecified atom stereocenters. The highest BCUT2D eigenvalue weighted by molar-refractivity contribution is 5.80. The van der Waals surface area contributed by atoms with Crippen LogP contribution >= 0.6 is 0 Å². The van der Waals surface area contributed by atoms with Crippen molar-refractivity contribution in [1.82, 2.24) is 0 Å². The smallest absolute Gasteiger partial charge is 0.338 e. The van der Waals surface area contributed by atoms with Crippen LogP contribution in [0, 0.1) is 23.2 Å². The summed E-state index contributed by atoms with van der Waals surface area (Å²) in [6, 6.07) is 0. The Morgan fingerprint density at radius 1 is 1.23 bits per heavy atom. The van der Waals surface area contributed by atoms with Gasteiger partial charge in [-0.05, 0) is 93.5 Å². The molecule has 172 valence electrons. The minimum atomic E-state index is -1.32. The van der Waals surface area contributed by atoms with Gasteiger partial charge in [0.2, 0.25) is 0 Å². The Labute approximate surface area is 187 Å². The molecule has 1 heterocycles. The average molecular weight is 429 g/mol. The SMILES string of the molecule is C=C1CC[C@H](O)C/C1=C/C=C1\CCC[C@]2(C)[C@@H]([C@H](C)C[C@H]3C[C@@](C)(O)C(=O)O3)CC[C@@H]12. The van der Waals surface area contributed by atoms with Gasteiger partial charge in [0.15, 0.2) is 5.60 Å². The fourth-order valence-corrected chi connectivity index (χ4v) is 7.17. The standard InChI is InChI=1S/C27H40O4/c1-17-7-10-21(28)15-20(17)9-8-19-6-5-13-26(3)23(11-12-24(19)26)18(2)14-22-16-27(4,30)25(29)31-22/h8-9,18,21-24,28,30H,1,5-7,10-16H2,2-4H3/b19-8+,20-9-/t18-,21+,22+,23-,24+,26-,27-/m1/s1. The Hall–Kier alpha value is -1.39. The van der Waals surface area contributed by atoms with Crippen molar-refractivity contribution in [2.45, 2.75) is 103 Å². The third-order valence-corrected chi connectivity index (χ3v) is 8.89. The number of hydrogen-bond acceptors (Lipinski definition) is 4. The quantitative estimate of drug-likeness (QED) is 0.600. The number of aliphatic hydroxyl groups is 2. The van der Waals surface area contributed by atoms with E-state index in [4.69, 9.17) is 4.74 Å². The lowest BCUT2D eigenvalue weighted by Gasteiger charge is -2.44. The third-order valence-electron chi connectivity index (χ3n) is 8.89. The molecule has 4 nitrogen and oxygen atoms in total. The van der Waals surface area contributed by atoms with Gasteiger partial charge in [-0.1, -0.05) is 43.7 Å². The summed E-state index contributed by atoms with van der Waals surface area (Å²) in [5, 5.41) is 20.2. The summed E-state index contributed by atoms with van der Waals surface area (Å²) in [4.78, 5) is 11.9. The van der Waals surface area contributed by atoms with Gasteiger partial charge in [0.1, 0.15) is 6.10 Å². The van der Waals surface area contributed by atoms with Crippen LogP contribution in [0.3, 0.4) is 0 Å². The number of allylic oxidation sites excluding steroid dienone is 4. The molecule has 31 heavy (non-hydrogen) atoms. The van der Waals surface area contributed by atoms with Crippen molar-refractivity contribution in [3.63, 3.8) is 0 Å². The zero-order chi connectivity index (χ0) is 22.4. The number of aliphatic hydroxyl groups excluding tert-OH is 1. The van der Waals surface area contributed by atoms with E-state index in [1.54, 1.807) is 12.5 Å². The second kappa shape index (κ2) is 8.51. The molecule has 1 saturated heterocycles. The lowest BCUT2D eigenvalue weighted by molar-refractivity contribution is -0.154. The number of hydrogen-bond donors (Lipinski definition) is 2. The molecule has 0 radical (unpaired) electrons. The second-order valence-electron chi connectivity index (χ2n) is 11.2. The molecule has 4 fully saturated rings. The Kier molecular flexibility index (Phi) is 6.26. The van der Waals surface area contributed by atoms with Gasteiger partial charge >= 0.3 is 5.97 Å². The summed E-state index contributed by atoms with van der Waals surface area (Å²) in [5.74, 6) is 1.23. The first kappa shape index (κ1) is 22.8. The monoisotopic (exact) mass is 428 g/mol. The number of esters is 1. The Morgan fingerprint density at radius 2 is 2.00 bits per heavy atom. The van der Waals surface area contributed by atoms with Gasteiger partial charge in [-0.15, -0.1) is 0 Å². The summed E-state index contributed by atoms with van der Waals surface area (Å²) in [6.07, 6.45) is 14.0. The van der Waals surface area contributed by atoms with Crippen molar-refractivity contribution in [2.75, 3.05) is 0 Å². The number of carbonyl (C=O) groups is 1. The first-order valence-corrected chi connectivity index (χ1v) is 12.3. The molecule has 4 rings (SSSR count). The van der Waals surface area contributed by atoms with Crippen LogP contribution in [0.5, 0.6) is 0 Å². The Bertz CT molecular complexity index is 791. The molecule has 0 spiro atoms. The number of rotatable bonds is 4. The highest BCUT2D eigenvalue weighted by atomic mass is 16.6. The predicted octanol–water partition coefficient (Wildman–Crippen LogP) is 5.25. The minimum absolute atomic E-state index is 0.160. The molecular weight excluding hydrogens is 388 g/mol. The van der Waals surface area contributed by atoms with E-state index in [-0.39, 0.29) is 17.6 Å². The van der Waals surface area contributed by atoms with E-state index in [9.17, 15) is 15.0 Å². The van der Waals surface area contributed by atoms with Gasteiger partial charge in [-0.25, -0.2) is 4.79 Å². The number of carbonyl (C=O) groups excluding carboxylic acids is 1. The van der Waals surface area contributed by atoms with Crippen molar-refractivity contribution < 1.29 is 19.7 Å². The number of fused-ring (bicyclic) bond motifs is 1. The largest absolute Gasteiger partial charge is 0.460 e. The van der Waals surface area contributed by atoms with Gasteiger partial charge < -0.3 is 14.9 Å². The van der Waals surface area contributed by atoms with E-state index in [0.29, 0.717) is 24.2 Å². The topological polar surface area (TPSA) is 66.8 Å². The molecule has 3 saturated carbocycles. The van der Waals surface area contributed by atoms with Crippen LogP contribution in [-0.4, -0.2) is 34.0 Å². The van der Waals surface area contributed by atoms with Crippen molar-refractivity contribution in [3.8, 4) is 0 Å². The van der Waals surface area contributed by atoms with Gasteiger partial charge in [0.25, 0.3) is 0 Å². The zero-order valence-electron chi connectivity index (χ0n) is 19.5. The maximum Gasteiger partial charge on any atom is 0.338 e. The van der Waals surface area contributed by atoms with Gasteiger partial charge in [-0.2, -0.15) is 0 Å². The van der Waals surface area contributed by atoms with E-state index < -0.39 is 11.6 Å². The highest BCUT2D eigenvalue weighted by Gasteiger charge is 2.52. The van der Waals surface area contributed by atoms with Crippen LogP contribution in [-0.2, 0) is 9.53 Å². The number of ether oxygens (including phenoxy) is 1. The highest BCUT2D eigenvalue weighted by Crippen LogP contribution is 2.60. The van der Waals surface area contributed by atoms with Crippen LogP contribution in [0.2, 0.25) is 0 Å². The van der Waals surface area contributed by atoms with E-state index in [1.807, 2.05) is 0 Å². The first-order chi connectivity index (χ1) is 14.6. The molecule has 0 amide bonds. The normalized spacial score (nSPS) is 44.5. The lowest BCUT2D eigenvalue weighted by Crippen LogP contribution is -2.36. The van der Waals surface area contributed by atoms with Gasteiger partial charge in [-0.3, -0.25) is 0 Å². The Morgan fingerprint density at radius 3 is 2.71 bits per heavy atom. The maximum atomic E-state index is 11.9. The molecule has 2 N–H and O–H groups in total. The summed E-state index contributed by atoms with van der Waals surface area (Å²) in [6.45, 7) is 10.6. The van der Waals surface area contributed by atoms with Gasteiger partial charge in [0.05, 0.1) is 6.10 Å². The second-order valence-corrected chi connectivity index (χ2v) is 11.2. The van der Waals surface area contributed by atoms with Crippen molar-refractivity contribution in [1.29, 1.82) is 0 Å². The van der Waals surface area contributed by atoms with Crippen molar-refractivity contribution in [2.24, 2.45) is 23.2 Å². The lowest BCUT2D eigenvalue weighted by atomic mass is 9.60. The van der Waals surface area contributed by atoms with E-state index in [0.717, 1.165) is 25.7 Å². The van der Waals surface area contributed by atoms with Crippen LogP contribution in [0.25, 0.3) is 0 Å². The average Bonchev–Trinajstić information content (AvgIpc) is 3.17. The predicted molar refractivity (Wildman–Crippen MR) is 122 cm³/mol. The van der Waals surface area contributed by atoms with Gasteiger partial charge in [0, 0.05) is 6.42 Å². The van der Waals surface area contributed by atoms with E-state index >= 15 is 0 Å². The Balaban J connectivity index is 1.46. The van der Waals surface area contributed by atoms with Crippen LogP contribution < -0.4 is 0 Å². The molecule has 0 aromatic carbocycles. The number of cyclic esters (lactones) is 1. The van der Waals surface area contributed by atoms with Crippen molar-refractivity contribution in [3.05, 3.63) is 35.5 Å². The van der Waals surface area contributed by atoms with Crippen molar-refractivity contribution >= 4 is 5.97 Å². The molecule has 4 heteroatoms. The molecule has 0 aromatic heterocycles. The minimum Gasteiger partial charge on any atom is -0.460 e. The summed E-state index contributed by atoms with van der Waals surface area (Å²) >= 11 is 0.